The van der Waals surface area contributed by atoms with Crippen LogP contribution in [0.3, 0.4) is 0 Å². The number of nitrogens with zero attached hydrogens (tertiary/aromatic N) is 2. The molecule has 2 aromatic rings. The van der Waals surface area contributed by atoms with E-state index in [1.807, 2.05) is 0 Å². The molecular formula is C14H14N2O3. The van der Waals surface area contributed by atoms with Crippen molar-refractivity contribution >= 4 is 17.0 Å². The molecule has 0 radical (unpaired) electrons. The number of esters is 1. The van der Waals surface area contributed by atoms with Gasteiger partial charge in [0.25, 0.3) is 0 Å². The van der Waals surface area contributed by atoms with Gasteiger partial charge >= 0.3 is 5.97 Å². The van der Waals surface area contributed by atoms with E-state index in [1.54, 1.807) is 30.6 Å². The maximum absolute atomic E-state index is 11.8. The minimum absolute atomic E-state index is 0.00717. The van der Waals surface area contributed by atoms with Crippen LogP contribution in [-0.2, 0) is 9.53 Å². The highest BCUT2D eigenvalue weighted by Crippen LogP contribution is 2.20. The molecule has 0 N–H and O–H groups in total. The first-order chi connectivity index (χ1) is 9.31. The zero-order chi connectivity index (χ0) is 13.1. The van der Waals surface area contributed by atoms with Gasteiger partial charge in [0.15, 0.2) is 0 Å². The summed E-state index contributed by atoms with van der Waals surface area (Å²) in [7, 11) is 0. The van der Waals surface area contributed by atoms with Crippen LogP contribution in [0.4, 0.5) is 0 Å². The van der Waals surface area contributed by atoms with Crippen molar-refractivity contribution < 1.29 is 14.3 Å². The van der Waals surface area contributed by atoms with Crippen LogP contribution in [-0.4, -0.2) is 28.6 Å². The van der Waals surface area contributed by atoms with Gasteiger partial charge in [0, 0.05) is 25.1 Å². The van der Waals surface area contributed by atoms with Gasteiger partial charge in [0.05, 0.1) is 23.6 Å². The number of rotatable bonds is 3. The van der Waals surface area contributed by atoms with Crippen LogP contribution in [0, 0.1) is 0 Å². The summed E-state index contributed by atoms with van der Waals surface area (Å²) in [5, 5.41) is 0. The summed E-state index contributed by atoms with van der Waals surface area (Å²) in [5.41, 5.74) is 1.49. The standard InChI is InChI=1S/C14H14N2O3/c17-14(9-10-2-1-7-18-10)19-11-3-4-12-13(8-11)16-6-5-15-12/h3-6,8,10H,1-2,7,9H2. The molecule has 1 aromatic carbocycles. The molecule has 3 rings (SSSR count). The van der Waals surface area contributed by atoms with Crippen molar-refractivity contribution in [2.75, 3.05) is 6.61 Å². The molecule has 0 saturated carbocycles. The van der Waals surface area contributed by atoms with E-state index in [9.17, 15) is 4.79 Å². The van der Waals surface area contributed by atoms with Crippen molar-refractivity contribution in [2.24, 2.45) is 0 Å². The van der Waals surface area contributed by atoms with Crippen LogP contribution in [0.25, 0.3) is 11.0 Å². The monoisotopic (exact) mass is 258 g/mol. The molecule has 5 nitrogen and oxygen atoms in total. The van der Waals surface area contributed by atoms with Crippen LogP contribution in [0.1, 0.15) is 19.3 Å². The number of carbonyl (C=O) groups excluding carboxylic acids is 1. The molecule has 5 heteroatoms. The van der Waals surface area contributed by atoms with Gasteiger partial charge in [-0.3, -0.25) is 14.8 Å². The third-order valence-corrected chi connectivity index (χ3v) is 3.09. The average Bonchev–Trinajstić information content (AvgIpc) is 2.91. The topological polar surface area (TPSA) is 61.3 Å². The fourth-order valence-electron chi connectivity index (χ4n) is 2.17. The minimum Gasteiger partial charge on any atom is -0.426 e. The third-order valence-electron chi connectivity index (χ3n) is 3.09. The van der Waals surface area contributed by atoms with Crippen molar-refractivity contribution in [3.05, 3.63) is 30.6 Å². The average molecular weight is 258 g/mol. The zero-order valence-electron chi connectivity index (χ0n) is 10.4. The Labute approximate surface area is 110 Å². The molecular weight excluding hydrogens is 244 g/mol. The van der Waals surface area contributed by atoms with Gasteiger partial charge in [-0.05, 0) is 25.0 Å². The molecule has 19 heavy (non-hydrogen) atoms. The highest BCUT2D eigenvalue weighted by atomic mass is 16.5. The summed E-state index contributed by atoms with van der Waals surface area (Å²) >= 11 is 0. The molecule has 2 heterocycles. The van der Waals surface area contributed by atoms with Crippen LogP contribution in [0.5, 0.6) is 5.75 Å². The number of benzene rings is 1. The van der Waals surface area contributed by atoms with Crippen molar-refractivity contribution in [2.45, 2.75) is 25.4 Å². The Kier molecular flexibility index (Phi) is 3.37. The zero-order valence-corrected chi connectivity index (χ0v) is 10.4. The predicted molar refractivity (Wildman–Crippen MR) is 68.8 cm³/mol. The number of carbonyl (C=O) groups is 1. The summed E-state index contributed by atoms with van der Waals surface area (Å²) in [6.07, 6.45) is 5.50. The summed E-state index contributed by atoms with van der Waals surface area (Å²) in [5.74, 6) is 0.228. The van der Waals surface area contributed by atoms with Crippen LogP contribution < -0.4 is 4.74 Å². The normalized spacial score (nSPS) is 18.6. The van der Waals surface area contributed by atoms with Gasteiger partial charge in [-0.2, -0.15) is 0 Å². The molecule has 1 aromatic heterocycles. The van der Waals surface area contributed by atoms with Gasteiger partial charge in [0.2, 0.25) is 0 Å². The first-order valence-corrected chi connectivity index (χ1v) is 6.34. The van der Waals surface area contributed by atoms with Crippen molar-refractivity contribution in [3.63, 3.8) is 0 Å². The molecule has 1 unspecified atom stereocenters. The Morgan fingerprint density at radius 1 is 1.32 bits per heavy atom. The van der Waals surface area contributed by atoms with Gasteiger partial charge in [0.1, 0.15) is 5.75 Å². The number of hydrogen-bond donors (Lipinski definition) is 0. The third kappa shape index (κ3) is 2.88. The molecule has 1 aliphatic heterocycles. The van der Waals surface area contributed by atoms with E-state index in [0.717, 1.165) is 25.0 Å². The van der Waals surface area contributed by atoms with E-state index in [-0.39, 0.29) is 12.1 Å². The molecule has 1 fully saturated rings. The van der Waals surface area contributed by atoms with Gasteiger partial charge in [-0.25, -0.2) is 0 Å². The first-order valence-electron chi connectivity index (χ1n) is 6.34. The summed E-state index contributed by atoms with van der Waals surface area (Å²) in [6.45, 7) is 0.740. The number of fused-ring (bicyclic) bond motifs is 1. The Hall–Kier alpha value is -2.01. The Morgan fingerprint density at radius 2 is 2.16 bits per heavy atom. The van der Waals surface area contributed by atoms with Gasteiger partial charge < -0.3 is 9.47 Å². The Balaban J connectivity index is 1.68. The lowest BCUT2D eigenvalue weighted by atomic mass is 10.2. The molecule has 0 amide bonds. The fraction of sp³-hybridized carbons (Fsp3) is 0.357. The quantitative estimate of drug-likeness (QED) is 0.623. The number of hydrogen-bond acceptors (Lipinski definition) is 5. The smallest absolute Gasteiger partial charge is 0.313 e. The number of aromatic nitrogens is 2. The van der Waals surface area contributed by atoms with Crippen LogP contribution in [0.2, 0.25) is 0 Å². The van der Waals surface area contributed by atoms with E-state index < -0.39 is 0 Å². The lowest BCUT2D eigenvalue weighted by Gasteiger charge is -2.09. The van der Waals surface area contributed by atoms with Gasteiger partial charge in [-0.1, -0.05) is 0 Å². The summed E-state index contributed by atoms with van der Waals surface area (Å²) < 4.78 is 10.7. The fourth-order valence-corrected chi connectivity index (χ4v) is 2.17. The lowest BCUT2D eigenvalue weighted by molar-refractivity contribution is -0.136. The van der Waals surface area contributed by atoms with E-state index in [4.69, 9.17) is 9.47 Å². The van der Waals surface area contributed by atoms with Crippen molar-refractivity contribution in [3.8, 4) is 5.75 Å². The second kappa shape index (κ2) is 5.32. The highest BCUT2D eigenvalue weighted by molar-refractivity contribution is 5.78. The van der Waals surface area contributed by atoms with E-state index in [0.29, 0.717) is 17.7 Å². The van der Waals surface area contributed by atoms with Crippen LogP contribution >= 0.6 is 0 Å². The van der Waals surface area contributed by atoms with Gasteiger partial charge in [-0.15, -0.1) is 0 Å². The minimum atomic E-state index is -0.268. The van der Waals surface area contributed by atoms with Crippen LogP contribution in [0.15, 0.2) is 30.6 Å². The molecule has 1 saturated heterocycles. The highest BCUT2D eigenvalue weighted by Gasteiger charge is 2.20. The molecule has 0 spiro atoms. The lowest BCUT2D eigenvalue weighted by Crippen LogP contribution is -2.17. The second-order valence-corrected chi connectivity index (χ2v) is 4.52. The van der Waals surface area contributed by atoms with E-state index in [1.165, 1.54) is 0 Å². The maximum Gasteiger partial charge on any atom is 0.313 e. The summed E-state index contributed by atoms with van der Waals surface area (Å²) in [4.78, 5) is 20.1. The maximum atomic E-state index is 11.8. The largest absolute Gasteiger partial charge is 0.426 e. The molecule has 0 bridgehead atoms. The molecule has 1 aliphatic rings. The Bertz CT molecular complexity index is 594. The van der Waals surface area contributed by atoms with E-state index >= 15 is 0 Å². The van der Waals surface area contributed by atoms with E-state index in [2.05, 4.69) is 9.97 Å². The summed E-state index contributed by atoms with van der Waals surface area (Å²) in [6, 6.07) is 5.23. The molecule has 98 valence electrons. The predicted octanol–water partition coefficient (Wildman–Crippen LogP) is 2.10. The van der Waals surface area contributed by atoms with Crippen molar-refractivity contribution in [1.29, 1.82) is 0 Å². The second-order valence-electron chi connectivity index (χ2n) is 4.52. The Morgan fingerprint density at radius 3 is 2.95 bits per heavy atom. The first kappa shape index (κ1) is 12.0. The molecule has 0 aliphatic carbocycles. The van der Waals surface area contributed by atoms with Crippen molar-refractivity contribution in [1.82, 2.24) is 9.97 Å². The molecule has 1 atom stereocenters. The number of ether oxygens (including phenoxy) is 2. The SMILES string of the molecule is O=C(CC1CCCO1)Oc1ccc2nccnc2c1.